The van der Waals surface area contributed by atoms with E-state index in [0.717, 1.165) is 37.6 Å². The smallest absolute Gasteiger partial charge is 0.185 e. The Morgan fingerprint density at radius 3 is 2.54 bits per heavy atom. The number of benzene rings is 2. The molecule has 4 rings (SSSR count). The van der Waals surface area contributed by atoms with Crippen LogP contribution in [0.15, 0.2) is 71.2 Å². The molecule has 0 unspecified atom stereocenters. The first-order chi connectivity index (χ1) is 13.7. The Morgan fingerprint density at radius 1 is 1.00 bits per heavy atom. The fourth-order valence-electron chi connectivity index (χ4n) is 3.15. The average Bonchev–Trinajstić information content (AvgIpc) is 3.22. The van der Waals surface area contributed by atoms with Crippen LogP contribution >= 0.6 is 11.6 Å². The van der Waals surface area contributed by atoms with Crippen molar-refractivity contribution in [2.75, 3.05) is 31.2 Å². The van der Waals surface area contributed by atoms with Crippen LogP contribution < -0.4 is 4.90 Å². The third kappa shape index (κ3) is 4.35. The van der Waals surface area contributed by atoms with Gasteiger partial charge in [-0.25, -0.2) is 0 Å². The summed E-state index contributed by atoms with van der Waals surface area (Å²) in [5.41, 5.74) is 2.66. The number of hydrogen-bond acceptors (Lipinski definition) is 4. The van der Waals surface area contributed by atoms with Crippen molar-refractivity contribution in [2.45, 2.75) is 0 Å². The molecule has 2 heterocycles. The highest BCUT2D eigenvalue weighted by Gasteiger charge is 2.11. The van der Waals surface area contributed by atoms with Gasteiger partial charge < -0.3 is 14.1 Å². The number of carbonyl (C=O) groups is 1. The molecule has 0 aliphatic carbocycles. The maximum Gasteiger partial charge on any atom is 0.185 e. The van der Waals surface area contributed by atoms with Crippen LogP contribution in [0.1, 0.15) is 16.1 Å². The summed E-state index contributed by atoms with van der Waals surface area (Å²) in [5.74, 6) is 1.27. The summed E-state index contributed by atoms with van der Waals surface area (Å²) in [5, 5.41) is 0.654. The van der Waals surface area contributed by atoms with Gasteiger partial charge >= 0.3 is 0 Å². The third-order valence-corrected chi connectivity index (χ3v) is 4.90. The Morgan fingerprint density at radius 2 is 1.79 bits per heavy atom. The molecule has 28 heavy (non-hydrogen) atoms. The van der Waals surface area contributed by atoms with E-state index >= 15 is 0 Å². The van der Waals surface area contributed by atoms with Gasteiger partial charge in [-0.1, -0.05) is 23.7 Å². The second-order valence-electron chi connectivity index (χ2n) is 6.56. The highest BCUT2D eigenvalue weighted by Crippen LogP contribution is 2.25. The Bertz CT molecular complexity index is 985. The zero-order valence-corrected chi connectivity index (χ0v) is 16.1. The van der Waals surface area contributed by atoms with Crippen LogP contribution in [0.4, 0.5) is 5.69 Å². The molecule has 0 spiro atoms. The summed E-state index contributed by atoms with van der Waals surface area (Å²) < 4.78 is 11.2. The van der Waals surface area contributed by atoms with E-state index < -0.39 is 0 Å². The predicted octanol–water partition coefficient (Wildman–Crippen LogP) is 5.33. The van der Waals surface area contributed by atoms with Crippen LogP contribution in [-0.2, 0) is 4.74 Å². The highest BCUT2D eigenvalue weighted by atomic mass is 35.5. The molecular weight excluding hydrogens is 374 g/mol. The number of carbonyl (C=O) groups excluding carboxylic acids is 1. The average molecular weight is 394 g/mol. The van der Waals surface area contributed by atoms with E-state index in [1.165, 1.54) is 6.08 Å². The second-order valence-corrected chi connectivity index (χ2v) is 6.99. The molecule has 0 atom stereocenters. The summed E-state index contributed by atoms with van der Waals surface area (Å²) in [6.07, 6.45) is 3.22. The minimum Gasteiger partial charge on any atom is -0.457 e. The number of nitrogens with zero attached hydrogens (tertiary/aromatic N) is 1. The highest BCUT2D eigenvalue weighted by molar-refractivity contribution is 6.30. The van der Waals surface area contributed by atoms with Gasteiger partial charge in [-0.2, -0.15) is 0 Å². The molecule has 5 heteroatoms. The van der Waals surface area contributed by atoms with Crippen molar-refractivity contribution < 1.29 is 13.9 Å². The molecular formula is C23H20ClNO3. The van der Waals surface area contributed by atoms with Crippen molar-refractivity contribution in [3.8, 4) is 11.3 Å². The maximum absolute atomic E-state index is 12.4. The molecule has 1 aliphatic rings. The summed E-state index contributed by atoms with van der Waals surface area (Å²) >= 11 is 6.02. The number of hydrogen-bond donors (Lipinski definition) is 0. The SMILES string of the molecule is O=C(/C=C/c1ccc(-c2cccc(Cl)c2)o1)c1ccc(N2CCOCC2)cc1. The van der Waals surface area contributed by atoms with E-state index in [0.29, 0.717) is 22.1 Å². The molecule has 3 aromatic rings. The molecule has 0 radical (unpaired) electrons. The van der Waals surface area contributed by atoms with Gasteiger partial charge in [0.1, 0.15) is 11.5 Å². The van der Waals surface area contributed by atoms with Crippen LogP contribution in [0, 0.1) is 0 Å². The zero-order valence-electron chi connectivity index (χ0n) is 15.3. The van der Waals surface area contributed by atoms with Gasteiger partial charge in [0, 0.05) is 34.9 Å². The van der Waals surface area contributed by atoms with Gasteiger partial charge in [-0.05, 0) is 60.7 Å². The second kappa shape index (κ2) is 8.46. The molecule has 0 N–H and O–H groups in total. The van der Waals surface area contributed by atoms with Crippen LogP contribution in [0.5, 0.6) is 0 Å². The Hall–Kier alpha value is -2.82. The molecule has 0 amide bonds. The van der Waals surface area contributed by atoms with Crippen molar-refractivity contribution in [2.24, 2.45) is 0 Å². The molecule has 0 saturated carbocycles. The summed E-state index contributed by atoms with van der Waals surface area (Å²) in [7, 11) is 0. The van der Waals surface area contributed by atoms with E-state index in [1.807, 2.05) is 60.7 Å². The molecule has 4 nitrogen and oxygen atoms in total. The number of halogens is 1. The molecule has 1 fully saturated rings. The monoisotopic (exact) mass is 393 g/mol. The van der Waals surface area contributed by atoms with Crippen molar-refractivity contribution in [3.63, 3.8) is 0 Å². The zero-order chi connectivity index (χ0) is 19.3. The molecule has 2 aromatic carbocycles. The van der Waals surface area contributed by atoms with Gasteiger partial charge in [0.15, 0.2) is 5.78 Å². The standard InChI is InChI=1S/C23H20ClNO3/c24-19-3-1-2-18(16-19)23-11-9-21(28-23)8-10-22(26)17-4-6-20(7-5-17)25-12-14-27-15-13-25/h1-11,16H,12-15H2/b10-8+. The predicted molar refractivity (Wildman–Crippen MR) is 112 cm³/mol. The third-order valence-electron chi connectivity index (χ3n) is 4.66. The first-order valence-electron chi connectivity index (χ1n) is 9.20. The number of allylic oxidation sites excluding steroid dienone is 1. The fourth-order valence-corrected chi connectivity index (χ4v) is 3.34. The van der Waals surface area contributed by atoms with Gasteiger partial charge in [0.25, 0.3) is 0 Å². The fraction of sp³-hybridized carbons (Fsp3) is 0.174. The van der Waals surface area contributed by atoms with E-state index in [2.05, 4.69) is 4.90 Å². The molecule has 1 aliphatic heterocycles. The molecule has 1 saturated heterocycles. The Kier molecular flexibility index (Phi) is 5.60. The normalized spacial score (nSPS) is 14.5. The lowest BCUT2D eigenvalue weighted by Crippen LogP contribution is -2.36. The lowest BCUT2D eigenvalue weighted by molar-refractivity contribution is 0.104. The van der Waals surface area contributed by atoms with E-state index in [9.17, 15) is 4.79 Å². The number of ketones is 1. The minimum absolute atomic E-state index is 0.0609. The van der Waals surface area contributed by atoms with Crippen LogP contribution in [0.2, 0.25) is 5.02 Å². The van der Waals surface area contributed by atoms with Crippen LogP contribution in [0.3, 0.4) is 0 Å². The van der Waals surface area contributed by atoms with Crippen molar-refractivity contribution in [1.29, 1.82) is 0 Å². The van der Waals surface area contributed by atoms with Gasteiger partial charge in [-0.3, -0.25) is 4.79 Å². The summed E-state index contributed by atoms with van der Waals surface area (Å²) in [4.78, 5) is 14.7. The van der Waals surface area contributed by atoms with E-state index in [-0.39, 0.29) is 5.78 Å². The minimum atomic E-state index is -0.0609. The lowest BCUT2D eigenvalue weighted by atomic mass is 10.1. The topological polar surface area (TPSA) is 42.7 Å². The van der Waals surface area contributed by atoms with Gasteiger partial charge in [-0.15, -0.1) is 0 Å². The number of anilines is 1. The molecule has 1 aromatic heterocycles. The summed E-state index contributed by atoms with van der Waals surface area (Å²) in [6.45, 7) is 3.23. The maximum atomic E-state index is 12.4. The van der Waals surface area contributed by atoms with E-state index in [1.54, 1.807) is 6.08 Å². The molecule has 0 bridgehead atoms. The number of morpholine rings is 1. The Labute approximate surface area is 169 Å². The van der Waals surface area contributed by atoms with E-state index in [4.69, 9.17) is 20.8 Å². The summed E-state index contributed by atoms with van der Waals surface area (Å²) in [6, 6.07) is 18.8. The quantitative estimate of drug-likeness (QED) is 0.434. The Balaban J connectivity index is 1.42. The number of rotatable bonds is 5. The largest absolute Gasteiger partial charge is 0.457 e. The van der Waals surface area contributed by atoms with Crippen LogP contribution in [-0.4, -0.2) is 32.1 Å². The van der Waals surface area contributed by atoms with Gasteiger partial charge in [0.2, 0.25) is 0 Å². The van der Waals surface area contributed by atoms with Gasteiger partial charge in [0.05, 0.1) is 13.2 Å². The number of furan rings is 1. The molecule has 142 valence electrons. The van der Waals surface area contributed by atoms with Crippen molar-refractivity contribution in [3.05, 3.63) is 83.1 Å². The first-order valence-corrected chi connectivity index (χ1v) is 9.58. The van der Waals surface area contributed by atoms with Crippen molar-refractivity contribution in [1.82, 2.24) is 0 Å². The lowest BCUT2D eigenvalue weighted by Gasteiger charge is -2.28. The van der Waals surface area contributed by atoms with Crippen LogP contribution in [0.25, 0.3) is 17.4 Å². The number of ether oxygens (including phenoxy) is 1. The first kappa shape index (κ1) is 18.5. The van der Waals surface area contributed by atoms with Crippen molar-refractivity contribution >= 4 is 29.1 Å².